The van der Waals surface area contributed by atoms with Crippen molar-refractivity contribution in [2.75, 3.05) is 39.9 Å². The molecule has 7 heteroatoms. The van der Waals surface area contributed by atoms with Gasteiger partial charge in [-0.15, -0.1) is 0 Å². The van der Waals surface area contributed by atoms with Crippen molar-refractivity contribution in [2.24, 2.45) is 5.73 Å². The number of carbonyl (C=O) groups is 1. The monoisotopic (exact) mass is 365 g/mol. The van der Waals surface area contributed by atoms with Gasteiger partial charge in [0.1, 0.15) is 5.82 Å². The molecule has 2 aliphatic rings. The van der Waals surface area contributed by atoms with E-state index in [0.29, 0.717) is 19.6 Å². The maximum absolute atomic E-state index is 13.2. The van der Waals surface area contributed by atoms with Crippen LogP contribution in [0.25, 0.3) is 0 Å². The summed E-state index contributed by atoms with van der Waals surface area (Å²) in [5, 5.41) is 3.10. The first kappa shape index (κ1) is 19.2. The second kappa shape index (κ2) is 8.00. The number of piperidine rings is 1. The Balaban J connectivity index is 1.54. The number of benzene rings is 1. The minimum atomic E-state index is -0.772. The third kappa shape index (κ3) is 3.91. The minimum absolute atomic E-state index is 0.266. The van der Waals surface area contributed by atoms with Gasteiger partial charge < -0.3 is 25.4 Å². The number of nitrogens with zero attached hydrogens (tertiary/aromatic N) is 1. The number of amides is 1. The van der Waals surface area contributed by atoms with E-state index in [-0.39, 0.29) is 11.7 Å². The van der Waals surface area contributed by atoms with Crippen molar-refractivity contribution in [3.8, 4) is 0 Å². The molecule has 0 spiro atoms. The molecule has 144 valence electrons. The number of hydrogen-bond acceptors (Lipinski definition) is 5. The number of likely N-dealkylation sites (N-methyl/N-ethyl adjacent to an activating group) is 1. The molecule has 0 saturated carbocycles. The van der Waals surface area contributed by atoms with Crippen LogP contribution in [0.4, 0.5) is 4.39 Å². The lowest BCUT2D eigenvalue weighted by atomic mass is 9.87. The maximum atomic E-state index is 13.2. The summed E-state index contributed by atoms with van der Waals surface area (Å²) in [6.07, 6.45) is 3.03. The van der Waals surface area contributed by atoms with Crippen LogP contribution < -0.4 is 11.1 Å². The van der Waals surface area contributed by atoms with Gasteiger partial charge in [-0.05, 0) is 45.0 Å². The number of hydrogen-bond donors (Lipinski definition) is 2. The zero-order valence-corrected chi connectivity index (χ0v) is 15.3. The van der Waals surface area contributed by atoms with Gasteiger partial charge in [0.05, 0.1) is 18.8 Å². The average molecular weight is 365 g/mol. The summed E-state index contributed by atoms with van der Waals surface area (Å²) in [6.45, 7) is 3.65. The number of carbonyl (C=O) groups excluding carboxylic acids is 1. The van der Waals surface area contributed by atoms with Crippen molar-refractivity contribution in [2.45, 2.75) is 37.0 Å². The normalized spacial score (nSPS) is 22.4. The molecule has 0 aliphatic carbocycles. The summed E-state index contributed by atoms with van der Waals surface area (Å²) in [7, 11) is 1.79. The second-order valence-electron chi connectivity index (χ2n) is 7.10. The summed E-state index contributed by atoms with van der Waals surface area (Å²) in [5.74, 6) is -1.31. The Hall–Kier alpha value is -1.54. The van der Waals surface area contributed by atoms with E-state index in [0.717, 1.165) is 44.5 Å². The first-order valence-electron chi connectivity index (χ1n) is 9.25. The van der Waals surface area contributed by atoms with E-state index in [4.69, 9.17) is 15.2 Å². The molecule has 3 N–H and O–H groups in total. The molecule has 0 aromatic heterocycles. The van der Waals surface area contributed by atoms with Crippen LogP contribution in [0.15, 0.2) is 24.3 Å². The smallest absolute Gasteiger partial charge is 0.237 e. The van der Waals surface area contributed by atoms with Crippen LogP contribution in [0, 0.1) is 5.82 Å². The molecule has 0 bridgehead atoms. The lowest BCUT2D eigenvalue weighted by molar-refractivity contribution is -0.172. The van der Waals surface area contributed by atoms with Crippen LogP contribution >= 0.6 is 0 Å². The fourth-order valence-electron chi connectivity index (χ4n) is 3.93. The van der Waals surface area contributed by atoms with Gasteiger partial charge in [-0.25, -0.2) is 4.39 Å². The summed E-state index contributed by atoms with van der Waals surface area (Å²) in [6, 6.07) is 6.34. The lowest BCUT2D eigenvalue weighted by Gasteiger charge is -2.39. The van der Waals surface area contributed by atoms with Gasteiger partial charge in [-0.3, -0.25) is 4.79 Å². The molecule has 1 amide bonds. The summed E-state index contributed by atoms with van der Waals surface area (Å²) in [4.78, 5) is 14.0. The minimum Gasteiger partial charge on any atom is -0.368 e. The molecular formula is C19H28FN3O3. The van der Waals surface area contributed by atoms with Gasteiger partial charge in [-0.2, -0.15) is 0 Å². The van der Waals surface area contributed by atoms with Gasteiger partial charge >= 0.3 is 0 Å². The molecule has 2 saturated heterocycles. The van der Waals surface area contributed by atoms with Crippen LogP contribution in [0.2, 0.25) is 0 Å². The van der Waals surface area contributed by atoms with Crippen molar-refractivity contribution >= 4 is 5.91 Å². The first-order valence-corrected chi connectivity index (χ1v) is 9.25. The van der Waals surface area contributed by atoms with Crippen LogP contribution in [0.3, 0.4) is 0 Å². The molecule has 0 radical (unpaired) electrons. The molecule has 1 aromatic rings. The van der Waals surface area contributed by atoms with E-state index in [2.05, 4.69) is 10.2 Å². The third-order valence-electron chi connectivity index (χ3n) is 5.68. The van der Waals surface area contributed by atoms with E-state index < -0.39 is 11.3 Å². The Bertz CT molecular complexity index is 609. The molecule has 2 heterocycles. The zero-order valence-electron chi connectivity index (χ0n) is 15.3. The average Bonchev–Trinajstić information content (AvgIpc) is 3.13. The molecular weight excluding hydrogens is 337 g/mol. The number of halogens is 1. The van der Waals surface area contributed by atoms with Gasteiger partial charge in [0.2, 0.25) is 5.91 Å². The second-order valence-corrected chi connectivity index (χ2v) is 7.10. The topological polar surface area (TPSA) is 76.8 Å². The number of ether oxygens (including phenoxy) is 2. The Morgan fingerprint density at radius 3 is 2.38 bits per heavy atom. The molecule has 1 aromatic carbocycles. The first-order chi connectivity index (χ1) is 12.5. The van der Waals surface area contributed by atoms with E-state index >= 15 is 0 Å². The predicted molar refractivity (Wildman–Crippen MR) is 95.9 cm³/mol. The molecule has 3 rings (SSSR count). The number of primary amides is 1. The quantitative estimate of drug-likeness (QED) is 0.763. The standard InChI is InChI=1S/C19H28FN3O3/c1-22-18(17(21)24)8-11-23(12-9-18)10-2-7-19(25-13-14-26-19)15-3-5-16(20)6-4-15/h3-6,22H,2,7-14H2,1H3,(H2,21,24). The molecule has 26 heavy (non-hydrogen) atoms. The Morgan fingerprint density at radius 2 is 1.85 bits per heavy atom. The van der Waals surface area contributed by atoms with E-state index in [1.807, 2.05) is 0 Å². The summed E-state index contributed by atoms with van der Waals surface area (Å²) in [5.41, 5.74) is 5.83. The van der Waals surface area contributed by atoms with Crippen LogP contribution in [-0.4, -0.2) is 56.2 Å². The largest absolute Gasteiger partial charge is 0.368 e. The highest BCUT2D eigenvalue weighted by Crippen LogP contribution is 2.36. The van der Waals surface area contributed by atoms with Crippen LogP contribution in [0.5, 0.6) is 0 Å². The SMILES string of the molecule is CNC1(C(N)=O)CCN(CCCC2(c3ccc(F)cc3)OCCO2)CC1. The number of rotatable bonds is 7. The summed E-state index contributed by atoms with van der Waals surface area (Å²) >= 11 is 0. The van der Waals surface area contributed by atoms with Crippen LogP contribution in [0.1, 0.15) is 31.2 Å². The van der Waals surface area contributed by atoms with Gasteiger partial charge in [0.25, 0.3) is 0 Å². The Morgan fingerprint density at radius 1 is 1.23 bits per heavy atom. The third-order valence-corrected chi connectivity index (χ3v) is 5.68. The number of likely N-dealkylation sites (tertiary alicyclic amines) is 1. The van der Waals surface area contributed by atoms with Crippen LogP contribution in [-0.2, 0) is 20.1 Å². The maximum Gasteiger partial charge on any atom is 0.237 e. The number of nitrogens with one attached hydrogen (secondary N) is 1. The highest BCUT2D eigenvalue weighted by Gasteiger charge is 2.40. The highest BCUT2D eigenvalue weighted by molar-refractivity contribution is 5.84. The van der Waals surface area contributed by atoms with E-state index in [1.54, 1.807) is 19.2 Å². The molecule has 2 fully saturated rings. The molecule has 0 atom stereocenters. The van der Waals surface area contributed by atoms with E-state index in [9.17, 15) is 9.18 Å². The predicted octanol–water partition coefficient (Wildman–Crippen LogP) is 1.34. The molecule has 6 nitrogen and oxygen atoms in total. The van der Waals surface area contributed by atoms with Crippen molar-refractivity contribution in [1.29, 1.82) is 0 Å². The molecule has 0 unspecified atom stereocenters. The Kier molecular flexibility index (Phi) is 5.92. The van der Waals surface area contributed by atoms with Gasteiger partial charge in [-0.1, -0.05) is 12.1 Å². The fraction of sp³-hybridized carbons (Fsp3) is 0.632. The van der Waals surface area contributed by atoms with Gasteiger partial charge in [0, 0.05) is 25.1 Å². The van der Waals surface area contributed by atoms with Crippen molar-refractivity contribution in [3.05, 3.63) is 35.6 Å². The van der Waals surface area contributed by atoms with Crippen molar-refractivity contribution in [1.82, 2.24) is 10.2 Å². The molecule has 2 aliphatic heterocycles. The highest BCUT2D eigenvalue weighted by atomic mass is 19.1. The zero-order chi connectivity index (χ0) is 18.6. The fourth-order valence-corrected chi connectivity index (χ4v) is 3.93. The summed E-state index contributed by atoms with van der Waals surface area (Å²) < 4.78 is 25.0. The van der Waals surface area contributed by atoms with Crippen molar-refractivity contribution in [3.63, 3.8) is 0 Å². The van der Waals surface area contributed by atoms with Gasteiger partial charge in [0.15, 0.2) is 5.79 Å². The Labute approximate surface area is 153 Å². The van der Waals surface area contributed by atoms with E-state index in [1.165, 1.54) is 12.1 Å². The van der Waals surface area contributed by atoms with Crippen molar-refractivity contribution < 1.29 is 18.7 Å². The lowest BCUT2D eigenvalue weighted by Crippen LogP contribution is -2.59. The number of nitrogens with two attached hydrogens (primary N) is 1.